The van der Waals surface area contributed by atoms with Crippen molar-refractivity contribution in [1.82, 2.24) is 0 Å². The highest BCUT2D eigenvalue weighted by molar-refractivity contribution is 5.32. The molecular weight excluding hydrogens is 184 g/mol. The molecule has 1 aromatic carbocycles. The number of hydrogen-bond donors (Lipinski definition) is 1. The molecule has 1 aliphatic rings. The summed E-state index contributed by atoms with van der Waals surface area (Å²) < 4.78 is 0. The molecule has 1 aliphatic carbocycles. The fourth-order valence-electron chi connectivity index (χ4n) is 2.68. The molecule has 1 nitrogen and oxygen atoms in total. The van der Waals surface area contributed by atoms with Crippen molar-refractivity contribution in [1.29, 1.82) is 0 Å². The van der Waals surface area contributed by atoms with Gasteiger partial charge in [0.1, 0.15) is 0 Å². The molecule has 0 bridgehead atoms. The number of aryl methyl sites for hydroxylation is 2. The predicted molar refractivity (Wildman–Crippen MR) is 62.8 cm³/mol. The summed E-state index contributed by atoms with van der Waals surface area (Å²) in [7, 11) is 0. The molecule has 1 heteroatoms. The van der Waals surface area contributed by atoms with Crippen LogP contribution in [0.3, 0.4) is 0 Å². The molecule has 15 heavy (non-hydrogen) atoms. The van der Waals surface area contributed by atoms with Crippen LogP contribution in [-0.2, 0) is 0 Å². The van der Waals surface area contributed by atoms with Crippen LogP contribution in [0.4, 0.5) is 0 Å². The summed E-state index contributed by atoms with van der Waals surface area (Å²) in [5.74, 6) is 0.492. The number of aliphatic hydroxyl groups is 1. The van der Waals surface area contributed by atoms with Gasteiger partial charge in [-0.3, -0.25) is 0 Å². The third-order valence-electron chi connectivity index (χ3n) is 3.59. The Bertz CT molecular complexity index is 337. The zero-order chi connectivity index (χ0) is 10.8. The summed E-state index contributed by atoms with van der Waals surface area (Å²) >= 11 is 0. The van der Waals surface area contributed by atoms with Crippen LogP contribution in [-0.4, -0.2) is 5.11 Å². The molecule has 0 aliphatic heterocycles. The van der Waals surface area contributed by atoms with Crippen molar-refractivity contribution in [3.05, 3.63) is 34.9 Å². The normalized spacial score (nSPS) is 19.4. The number of rotatable bonds is 2. The molecule has 0 heterocycles. The van der Waals surface area contributed by atoms with Crippen molar-refractivity contribution in [2.24, 2.45) is 5.92 Å². The Morgan fingerprint density at radius 1 is 1.20 bits per heavy atom. The lowest BCUT2D eigenvalue weighted by Gasteiger charge is -2.20. The minimum absolute atomic E-state index is 0.243. The molecule has 1 atom stereocenters. The maximum Gasteiger partial charge on any atom is 0.0820 e. The first-order valence-corrected chi connectivity index (χ1v) is 5.93. The van der Waals surface area contributed by atoms with E-state index in [4.69, 9.17) is 0 Å². The van der Waals surface area contributed by atoms with Gasteiger partial charge in [-0.05, 0) is 43.7 Å². The Hall–Kier alpha value is -0.820. The molecule has 1 saturated carbocycles. The zero-order valence-corrected chi connectivity index (χ0v) is 9.66. The highest BCUT2D eigenvalue weighted by Gasteiger charge is 2.25. The van der Waals surface area contributed by atoms with Gasteiger partial charge < -0.3 is 5.11 Å². The van der Waals surface area contributed by atoms with Crippen molar-refractivity contribution in [3.63, 3.8) is 0 Å². The van der Waals surface area contributed by atoms with Crippen molar-refractivity contribution < 1.29 is 5.11 Å². The SMILES string of the molecule is Cc1ccc(C(O)C2CCCC2)c(C)c1. The Kier molecular flexibility index (Phi) is 3.11. The van der Waals surface area contributed by atoms with Crippen molar-refractivity contribution in [2.45, 2.75) is 45.6 Å². The number of benzene rings is 1. The van der Waals surface area contributed by atoms with E-state index in [0.29, 0.717) is 5.92 Å². The molecule has 82 valence electrons. The van der Waals surface area contributed by atoms with E-state index in [1.165, 1.54) is 36.8 Å². The molecule has 1 unspecified atom stereocenters. The predicted octanol–water partition coefficient (Wildman–Crippen LogP) is 3.53. The van der Waals surface area contributed by atoms with E-state index in [9.17, 15) is 5.11 Å². The maximum absolute atomic E-state index is 10.3. The van der Waals surface area contributed by atoms with E-state index < -0.39 is 0 Å². The number of aliphatic hydroxyl groups excluding tert-OH is 1. The minimum Gasteiger partial charge on any atom is -0.388 e. The smallest absolute Gasteiger partial charge is 0.0820 e. The average Bonchev–Trinajstić information content (AvgIpc) is 2.69. The Balaban J connectivity index is 2.20. The van der Waals surface area contributed by atoms with Crippen LogP contribution in [0.15, 0.2) is 18.2 Å². The summed E-state index contributed by atoms with van der Waals surface area (Å²) in [6, 6.07) is 6.35. The van der Waals surface area contributed by atoms with E-state index >= 15 is 0 Å². The van der Waals surface area contributed by atoms with Gasteiger partial charge in [0.2, 0.25) is 0 Å². The largest absolute Gasteiger partial charge is 0.388 e. The van der Waals surface area contributed by atoms with Crippen molar-refractivity contribution in [2.75, 3.05) is 0 Å². The van der Waals surface area contributed by atoms with Crippen molar-refractivity contribution in [3.8, 4) is 0 Å². The van der Waals surface area contributed by atoms with Gasteiger partial charge in [-0.1, -0.05) is 36.6 Å². The standard InChI is InChI=1S/C14H20O/c1-10-7-8-13(11(2)9-10)14(15)12-5-3-4-6-12/h7-9,12,14-15H,3-6H2,1-2H3. The molecular formula is C14H20O. The van der Waals surface area contributed by atoms with Gasteiger partial charge in [0.05, 0.1) is 6.10 Å². The molecule has 0 aromatic heterocycles. The van der Waals surface area contributed by atoms with E-state index in [1.54, 1.807) is 0 Å². The molecule has 0 saturated heterocycles. The first-order chi connectivity index (χ1) is 7.18. The molecule has 0 amide bonds. The average molecular weight is 204 g/mol. The van der Waals surface area contributed by atoms with Crippen LogP contribution in [0.25, 0.3) is 0 Å². The van der Waals surface area contributed by atoms with Crippen LogP contribution in [0.2, 0.25) is 0 Å². The number of hydrogen-bond acceptors (Lipinski definition) is 1. The van der Waals surface area contributed by atoms with Crippen LogP contribution in [0.1, 0.15) is 48.5 Å². The second-order valence-corrected chi connectivity index (χ2v) is 4.85. The van der Waals surface area contributed by atoms with E-state index in [1.807, 2.05) is 0 Å². The summed E-state index contributed by atoms with van der Waals surface area (Å²) in [5, 5.41) is 10.3. The fraction of sp³-hybridized carbons (Fsp3) is 0.571. The molecule has 0 radical (unpaired) electrons. The second kappa shape index (κ2) is 4.36. The molecule has 1 N–H and O–H groups in total. The van der Waals surface area contributed by atoms with Gasteiger partial charge in [0.25, 0.3) is 0 Å². The Labute approximate surface area is 92.1 Å². The highest BCUT2D eigenvalue weighted by Crippen LogP contribution is 2.36. The molecule has 2 rings (SSSR count). The third kappa shape index (κ3) is 2.23. The summed E-state index contributed by atoms with van der Waals surface area (Å²) in [5.41, 5.74) is 3.64. The third-order valence-corrected chi connectivity index (χ3v) is 3.59. The van der Waals surface area contributed by atoms with Gasteiger partial charge in [-0.2, -0.15) is 0 Å². The lowest BCUT2D eigenvalue weighted by Crippen LogP contribution is -2.10. The lowest BCUT2D eigenvalue weighted by atomic mass is 9.91. The fourth-order valence-corrected chi connectivity index (χ4v) is 2.68. The monoisotopic (exact) mass is 204 g/mol. The van der Waals surface area contributed by atoms with Crippen molar-refractivity contribution >= 4 is 0 Å². The van der Waals surface area contributed by atoms with Crippen LogP contribution < -0.4 is 0 Å². The summed E-state index contributed by atoms with van der Waals surface area (Å²) in [4.78, 5) is 0. The topological polar surface area (TPSA) is 20.2 Å². The van der Waals surface area contributed by atoms with Gasteiger partial charge in [-0.15, -0.1) is 0 Å². The quantitative estimate of drug-likeness (QED) is 0.781. The van der Waals surface area contributed by atoms with Crippen LogP contribution in [0.5, 0.6) is 0 Å². The second-order valence-electron chi connectivity index (χ2n) is 4.85. The lowest BCUT2D eigenvalue weighted by molar-refractivity contribution is 0.111. The van der Waals surface area contributed by atoms with Gasteiger partial charge in [-0.25, -0.2) is 0 Å². The summed E-state index contributed by atoms with van der Waals surface area (Å²) in [6.07, 6.45) is 4.70. The zero-order valence-electron chi connectivity index (χ0n) is 9.66. The maximum atomic E-state index is 10.3. The van der Waals surface area contributed by atoms with Gasteiger partial charge in [0, 0.05) is 0 Å². The van der Waals surface area contributed by atoms with Gasteiger partial charge >= 0.3 is 0 Å². The van der Waals surface area contributed by atoms with E-state index in [2.05, 4.69) is 32.0 Å². The first-order valence-electron chi connectivity index (χ1n) is 5.93. The highest BCUT2D eigenvalue weighted by atomic mass is 16.3. The van der Waals surface area contributed by atoms with Crippen LogP contribution in [0, 0.1) is 19.8 Å². The Morgan fingerprint density at radius 2 is 1.87 bits per heavy atom. The first kappa shape index (κ1) is 10.7. The Morgan fingerprint density at radius 3 is 2.47 bits per heavy atom. The van der Waals surface area contributed by atoms with E-state index in [-0.39, 0.29) is 6.10 Å². The van der Waals surface area contributed by atoms with Gasteiger partial charge in [0.15, 0.2) is 0 Å². The van der Waals surface area contributed by atoms with Crippen LogP contribution >= 0.6 is 0 Å². The molecule has 0 spiro atoms. The summed E-state index contributed by atoms with van der Waals surface area (Å²) in [6.45, 7) is 4.19. The van der Waals surface area contributed by atoms with E-state index in [0.717, 1.165) is 5.56 Å². The molecule has 1 fully saturated rings. The minimum atomic E-state index is -0.243. The molecule has 1 aromatic rings.